The normalized spacial score (nSPS) is 14.7. The highest BCUT2D eigenvalue weighted by Gasteiger charge is 2.24. The smallest absolute Gasteiger partial charge is 0.335 e. The Morgan fingerprint density at radius 1 is 1.31 bits per heavy atom. The van der Waals surface area contributed by atoms with Crippen molar-refractivity contribution in [2.24, 2.45) is 0 Å². The van der Waals surface area contributed by atoms with E-state index in [1.165, 1.54) is 0 Å². The molecular weight excluding hydrogens is 180 g/mol. The van der Waals surface area contributed by atoms with Gasteiger partial charge in [0.2, 0.25) is 0 Å². The van der Waals surface area contributed by atoms with Gasteiger partial charge in [-0.1, -0.05) is 0 Å². The Labute approximate surface area is 74.7 Å². The van der Waals surface area contributed by atoms with Gasteiger partial charge in [0.25, 0.3) is 0 Å². The van der Waals surface area contributed by atoms with Crippen LogP contribution in [0.3, 0.4) is 0 Å². The molecule has 0 aromatic rings. The lowest BCUT2D eigenvalue weighted by Crippen LogP contribution is -2.31. The Morgan fingerprint density at radius 3 is 2.23 bits per heavy atom. The number of hydrogen-bond donors (Lipinski definition) is 3. The molecule has 0 radical (unpaired) electrons. The SMILES string of the molecule is CCOC(=O)C(O)CC(O)C(=O)O. The first-order chi connectivity index (χ1) is 5.99. The molecule has 2 unspecified atom stereocenters. The number of carboxylic acid groups (broad SMARTS) is 1. The number of aliphatic hydroxyl groups is 2. The van der Waals surface area contributed by atoms with Crippen LogP contribution in [-0.2, 0) is 14.3 Å². The number of esters is 1. The van der Waals surface area contributed by atoms with Crippen molar-refractivity contribution in [2.75, 3.05) is 6.61 Å². The highest BCUT2D eigenvalue weighted by molar-refractivity contribution is 5.77. The van der Waals surface area contributed by atoms with Gasteiger partial charge in [0.05, 0.1) is 6.61 Å². The lowest BCUT2D eigenvalue weighted by molar-refractivity contribution is -0.157. The number of hydrogen-bond acceptors (Lipinski definition) is 5. The van der Waals surface area contributed by atoms with E-state index >= 15 is 0 Å². The molecule has 0 spiro atoms. The van der Waals surface area contributed by atoms with Crippen LogP contribution in [-0.4, -0.2) is 46.1 Å². The second-order valence-corrected chi connectivity index (χ2v) is 2.36. The highest BCUT2D eigenvalue weighted by Crippen LogP contribution is 2.00. The predicted molar refractivity (Wildman–Crippen MR) is 40.9 cm³/mol. The summed E-state index contributed by atoms with van der Waals surface area (Å²) in [5.74, 6) is -2.41. The lowest BCUT2D eigenvalue weighted by Gasteiger charge is -2.10. The predicted octanol–water partition coefficient (Wildman–Crippen LogP) is -1.25. The number of carboxylic acids is 1. The van der Waals surface area contributed by atoms with E-state index in [1.54, 1.807) is 6.92 Å². The van der Waals surface area contributed by atoms with Crippen molar-refractivity contribution < 1.29 is 29.6 Å². The van der Waals surface area contributed by atoms with Crippen LogP contribution < -0.4 is 0 Å². The van der Waals surface area contributed by atoms with Crippen LogP contribution >= 0.6 is 0 Å². The molecule has 6 nitrogen and oxygen atoms in total. The molecular formula is C7H12O6. The first-order valence-corrected chi connectivity index (χ1v) is 3.74. The zero-order valence-corrected chi connectivity index (χ0v) is 7.14. The third-order valence-corrected chi connectivity index (χ3v) is 1.29. The topological polar surface area (TPSA) is 104 Å². The maximum Gasteiger partial charge on any atom is 0.335 e. The molecule has 0 fully saturated rings. The van der Waals surface area contributed by atoms with Gasteiger partial charge in [-0.3, -0.25) is 0 Å². The van der Waals surface area contributed by atoms with E-state index in [2.05, 4.69) is 4.74 Å². The fourth-order valence-corrected chi connectivity index (χ4v) is 0.647. The molecule has 0 amide bonds. The average Bonchev–Trinajstić information content (AvgIpc) is 2.04. The quantitative estimate of drug-likeness (QED) is 0.470. The summed E-state index contributed by atoms with van der Waals surface area (Å²) in [6.45, 7) is 1.65. The summed E-state index contributed by atoms with van der Waals surface area (Å²) in [4.78, 5) is 20.8. The standard InChI is InChI=1S/C7H12O6/c1-2-13-7(12)5(9)3-4(8)6(10)11/h4-5,8-9H,2-3H2,1H3,(H,10,11). The van der Waals surface area contributed by atoms with Gasteiger partial charge < -0.3 is 20.1 Å². The van der Waals surface area contributed by atoms with Crippen molar-refractivity contribution in [3.8, 4) is 0 Å². The Morgan fingerprint density at radius 2 is 1.85 bits per heavy atom. The average molecular weight is 192 g/mol. The Balaban J connectivity index is 3.92. The maximum absolute atomic E-state index is 10.7. The van der Waals surface area contributed by atoms with Gasteiger partial charge in [0.1, 0.15) is 0 Å². The van der Waals surface area contributed by atoms with Crippen LogP contribution in [0.25, 0.3) is 0 Å². The van der Waals surface area contributed by atoms with Gasteiger partial charge in [0, 0.05) is 6.42 Å². The molecule has 0 aliphatic heterocycles. The summed E-state index contributed by atoms with van der Waals surface area (Å²) >= 11 is 0. The van der Waals surface area contributed by atoms with Gasteiger partial charge in [-0.2, -0.15) is 0 Å². The van der Waals surface area contributed by atoms with E-state index in [4.69, 9.17) is 15.3 Å². The lowest BCUT2D eigenvalue weighted by atomic mass is 10.1. The van der Waals surface area contributed by atoms with Crippen molar-refractivity contribution >= 4 is 11.9 Å². The molecule has 2 atom stereocenters. The molecule has 0 saturated heterocycles. The Kier molecular flexibility index (Phi) is 5.01. The number of carbonyl (C=O) groups is 2. The molecule has 13 heavy (non-hydrogen) atoms. The summed E-state index contributed by atoms with van der Waals surface area (Å²) in [5.41, 5.74) is 0. The molecule has 0 aromatic carbocycles. The monoisotopic (exact) mass is 192 g/mol. The van der Waals surface area contributed by atoms with E-state index in [0.29, 0.717) is 0 Å². The van der Waals surface area contributed by atoms with Crippen LogP contribution in [0.4, 0.5) is 0 Å². The number of aliphatic hydroxyl groups excluding tert-OH is 2. The molecule has 0 bridgehead atoms. The van der Waals surface area contributed by atoms with Crippen molar-refractivity contribution in [3.05, 3.63) is 0 Å². The van der Waals surface area contributed by atoms with Crippen LogP contribution in [0.5, 0.6) is 0 Å². The first-order valence-electron chi connectivity index (χ1n) is 3.74. The molecule has 0 aliphatic rings. The summed E-state index contributed by atoms with van der Waals surface area (Å²) in [6, 6.07) is 0. The van der Waals surface area contributed by atoms with E-state index in [9.17, 15) is 9.59 Å². The highest BCUT2D eigenvalue weighted by atomic mass is 16.5. The minimum atomic E-state index is -1.75. The van der Waals surface area contributed by atoms with Gasteiger partial charge in [-0.25, -0.2) is 9.59 Å². The van der Waals surface area contributed by atoms with E-state index < -0.39 is 30.6 Å². The molecule has 0 aliphatic carbocycles. The summed E-state index contributed by atoms with van der Waals surface area (Å²) in [7, 11) is 0. The Hall–Kier alpha value is -1.14. The number of carbonyl (C=O) groups excluding carboxylic acids is 1. The minimum Gasteiger partial charge on any atom is -0.479 e. The van der Waals surface area contributed by atoms with E-state index in [0.717, 1.165) is 0 Å². The zero-order valence-electron chi connectivity index (χ0n) is 7.14. The molecule has 76 valence electrons. The zero-order chi connectivity index (χ0) is 10.4. The number of aliphatic carboxylic acids is 1. The molecule has 3 N–H and O–H groups in total. The van der Waals surface area contributed by atoms with Gasteiger partial charge >= 0.3 is 11.9 Å². The van der Waals surface area contributed by atoms with Gasteiger partial charge in [-0.05, 0) is 6.92 Å². The molecule has 6 heteroatoms. The summed E-state index contributed by atoms with van der Waals surface area (Å²) in [5, 5.41) is 25.9. The first kappa shape index (κ1) is 11.9. The van der Waals surface area contributed by atoms with Crippen LogP contribution in [0.15, 0.2) is 0 Å². The van der Waals surface area contributed by atoms with E-state index in [-0.39, 0.29) is 6.61 Å². The van der Waals surface area contributed by atoms with Crippen molar-refractivity contribution in [3.63, 3.8) is 0 Å². The van der Waals surface area contributed by atoms with Crippen molar-refractivity contribution in [1.82, 2.24) is 0 Å². The van der Waals surface area contributed by atoms with Gasteiger partial charge in [-0.15, -0.1) is 0 Å². The third kappa shape index (κ3) is 4.44. The van der Waals surface area contributed by atoms with Crippen molar-refractivity contribution in [1.29, 1.82) is 0 Å². The fourth-order valence-electron chi connectivity index (χ4n) is 0.647. The summed E-state index contributed by atoms with van der Waals surface area (Å²) < 4.78 is 4.39. The number of ether oxygens (including phenoxy) is 1. The summed E-state index contributed by atoms with van der Waals surface area (Å²) in [6.07, 6.45) is -3.90. The molecule has 0 aromatic heterocycles. The molecule has 0 heterocycles. The van der Waals surface area contributed by atoms with Crippen LogP contribution in [0.2, 0.25) is 0 Å². The van der Waals surface area contributed by atoms with Gasteiger partial charge in [0.15, 0.2) is 12.2 Å². The maximum atomic E-state index is 10.7. The van der Waals surface area contributed by atoms with Crippen molar-refractivity contribution in [2.45, 2.75) is 25.6 Å². The van der Waals surface area contributed by atoms with Crippen LogP contribution in [0.1, 0.15) is 13.3 Å². The molecule has 0 rings (SSSR count). The van der Waals surface area contributed by atoms with E-state index in [1.807, 2.05) is 0 Å². The van der Waals surface area contributed by atoms with Crippen LogP contribution in [0, 0.1) is 0 Å². The number of rotatable bonds is 5. The minimum absolute atomic E-state index is 0.0963. The largest absolute Gasteiger partial charge is 0.479 e. The molecule has 0 saturated carbocycles. The fraction of sp³-hybridized carbons (Fsp3) is 0.714. The third-order valence-electron chi connectivity index (χ3n) is 1.29. The Bertz CT molecular complexity index is 189. The second kappa shape index (κ2) is 5.50. The second-order valence-electron chi connectivity index (χ2n) is 2.36.